The van der Waals surface area contributed by atoms with Crippen LogP contribution in [0.25, 0.3) is 0 Å². The lowest BCUT2D eigenvalue weighted by Gasteiger charge is -2.32. The molecule has 0 aliphatic carbocycles. The maximum Gasteiger partial charge on any atom is 0.284 e. The van der Waals surface area contributed by atoms with Crippen molar-refractivity contribution in [3.63, 3.8) is 0 Å². The van der Waals surface area contributed by atoms with E-state index in [2.05, 4.69) is 15.5 Å². The molecule has 3 rings (SSSR count). The van der Waals surface area contributed by atoms with Crippen molar-refractivity contribution in [1.82, 2.24) is 25.0 Å². The number of aryl methyl sites for hydroxylation is 1. The number of rotatable bonds is 5. The van der Waals surface area contributed by atoms with Crippen molar-refractivity contribution in [1.29, 1.82) is 0 Å². The van der Waals surface area contributed by atoms with Crippen LogP contribution in [-0.4, -0.2) is 56.7 Å². The Balaban J connectivity index is 0.00000261. The van der Waals surface area contributed by atoms with Gasteiger partial charge in [0.25, 0.3) is 11.6 Å². The largest absolute Gasteiger partial charge is 0.337 e. The van der Waals surface area contributed by atoms with Gasteiger partial charge in [-0.05, 0) is 43.8 Å². The zero-order chi connectivity index (χ0) is 18.7. The topological polar surface area (TPSA) is 106 Å². The molecule has 1 unspecified atom stereocenters. The molecule has 11 heteroatoms. The third-order valence-electron chi connectivity index (χ3n) is 4.39. The van der Waals surface area contributed by atoms with Crippen molar-refractivity contribution < 1.29 is 9.72 Å². The van der Waals surface area contributed by atoms with Crippen molar-refractivity contribution in [3.8, 4) is 0 Å². The zero-order valence-electron chi connectivity index (χ0n) is 15.0. The third kappa shape index (κ3) is 4.76. The van der Waals surface area contributed by atoms with E-state index < -0.39 is 4.92 Å². The Labute approximate surface area is 167 Å². The molecule has 1 fully saturated rings. The van der Waals surface area contributed by atoms with Crippen molar-refractivity contribution >= 4 is 35.8 Å². The van der Waals surface area contributed by atoms with Crippen molar-refractivity contribution in [3.05, 3.63) is 40.2 Å². The van der Waals surface area contributed by atoms with Crippen LogP contribution >= 0.6 is 24.2 Å². The van der Waals surface area contributed by atoms with Gasteiger partial charge in [0.05, 0.1) is 9.82 Å². The summed E-state index contributed by atoms with van der Waals surface area (Å²) in [5, 5.41) is 22.9. The summed E-state index contributed by atoms with van der Waals surface area (Å²) in [5.41, 5.74) is 0.224. The molecule has 1 amide bonds. The van der Waals surface area contributed by atoms with E-state index in [0.717, 1.165) is 24.6 Å². The number of aromatic nitrogens is 3. The minimum Gasteiger partial charge on any atom is -0.337 e. The number of benzene rings is 1. The predicted molar refractivity (Wildman–Crippen MR) is 103 cm³/mol. The lowest BCUT2D eigenvalue weighted by molar-refractivity contribution is -0.387. The lowest BCUT2D eigenvalue weighted by Crippen LogP contribution is -2.46. The number of hydrogen-bond donors (Lipinski definition) is 1. The normalized spacial score (nSPS) is 16.7. The predicted octanol–water partition coefficient (Wildman–Crippen LogP) is 2.12. The molecule has 1 aliphatic heterocycles. The average molecular weight is 413 g/mol. The van der Waals surface area contributed by atoms with Crippen LogP contribution in [0.2, 0.25) is 0 Å². The summed E-state index contributed by atoms with van der Waals surface area (Å²) in [4.78, 5) is 26.0. The van der Waals surface area contributed by atoms with Gasteiger partial charge >= 0.3 is 0 Å². The molecular formula is C16H21ClN6O3S. The fraction of sp³-hybridized carbons (Fsp3) is 0.438. The number of nitrogens with zero attached hydrogens (tertiary/aromatic N) is 5. The van der Waals surface area contributed by atoms with E-state index in [4.69, 9.17) is 0 Å². The standard InChI is InChI=1S/C16H20N6O3S.ClH/c1-17-12-4-3-7-21(9-12)15(23)11-5-6-14(13(8-11)22(24)25)26-16-19-18-10-20(16)2;/h5-6,8,10,12,17H,3-4,7,9H2,1-2H3;1H. The quantitative estimate of drug-likeness (QED) is 0.592. The molecule has 1 aliphatic rings. The number of halogens is 1. The van der Waals surface area contributed by atoms with Crippen LogP contribution in [-0.2, 0) is 7.05 Å². The van der Waals surface area contributed by atoms with Gasteiger partial charge in [-0.3, -0.25) is 14.9 Å². The molecule has 0 radical (unpaired) electrons. The molecular weight excluding hydrogens is 392 g/mol. The number of amides is 1. The van der Waals surface area contributed by atoms with Gasteiger partial charge in [-0.25, -0.2) is 0 Å². The summed E-state index contributed by atoms with van der Waals surface area (Å²) >= 11 is 1.15. The minimum absolute atomic E-state index is 0. The zero-order valence-corrected chi connectivity index (χ0v) is 16.6. The Bertz CT molecular complexity index is 830. The molecule has 27 heavy (non-hydrogen) atoms. The van der Waals surface area contributed by atoms with Crippen LogP contribution in [0, 0.1) is 10.1 Å². The number of nitro groups is 1. The lowest BCUT2D eigenvalue weighted by atomic mass is 10.0. The van der Waals surface area contributed by atoms with Crippen molar-refractivity contribution in [2.45, 2.75) is 28.9 Å². The fourth-order valence-electron chi connectivity index (χ4n) is 2.92. The second kappa shape index (κ2) is 9.16. The molecule has 1 aromatic carbocycles. The SMILES string of the molecule is CNC1CCCN(C(=O)c2ccc(Sc3nncn3C)c([N+](=O)[O-])c2)C1.Cl. The number of carbonyl (C=O) groups is 1. The Morgan fingerprint density at radius 2 is 2.22 bits per heavy atom. The first-order valence-corrected chi connectivity index (χ1v) is 9.08. The second-order valence-electron chi connectivity index (χ2n) is 6.15. The molecule has 146 valence electrons. The van der Waals surface area contributed by atoms with Crippen LogP contribution in [0.3, 0.4) is 0 Å². The van der Waals surface area contributed by atoms with E-state index in [1.54, 1.807) is 28.6 Å². The maximum atomic E-state index is 12.8. The number of carbonyl (C=O) groups excluding carboxylic acids is 1. The molecule has 1 atom stereocenters. The van der Waals surface area contributed by atoms with Gasteiger partial charge in [-0.1, -0.05) is 0 Å². The number of nitrogens with one attached hydrogen (secondary N) is 1. The maximum absolute atomic E-state index is 12.8. The van der Waals surface area contributed by atoms with Gasteiger partial charge in [0.15, 0.2) is 5.16 Å². The summed E-state index contributed by atoms with van der Waals surface area (Å²) < 4.78 is 1.68. The number of hydrogen-bond acceptors (Lipinski definition) is 7. The number of likely N-dealkylation sites (tertiary alicyclic amines) is 1. The highest BCUT2D eigenvalue weighted by molar-refractivity contribution is 7.99. The molecule has 0 saturated carbocycles. The van der Waals surface area contributed by atoms with Gasteiger partial charge in [0, 0.05) is 37.8 Å². The van der Waals surface area contributed by atoms with E-state index in [1.165, 1.54) is 12.4 Å². The molecule has 1 aromatic heterocycles. The average Bonchev–Trinajstić information content (AvgIpc) is 3.06. The summed E-state index contributed by atoms with van der Waals surface area (Å²) in [6, 6.07) is 4.85. The van der Waals surface area contributed by atoms with Crippen LogP contribution in [0.15, 0.2) is 34.6 Å². The molecule has 0 bridgehead atoms. The molecule has 0 spiro atoms. The molecule has 9 nitrogen and oxygen atoms in total. The van der Waals surface area contributed by atoms with Crippen molar-refractivity contribution in [2.24, 2.45) is 7.05 Å². The minimum atomic E-state index is -0.470. The highest BCUT2D eigenvalue weighted by Crippen LogP contribution is 2.34. The summed E-state index contributed by atoms with van der Waals surface area (Å²) in [6.45, 7) is 1.28. The summed E-state index contributed by atoms with van der Waals surface area (Å²) in [5.74, 6) is -0.178. The Morgan fingerprint density at radius 1 is 1.44 bits per heavy atom. The Kier molecular flexibility index (Phi) is 7.17. The van der Waals surface area contributed by atoms with Crippen LogP contribution in [0.1, 0.15) is 23.2 Å². The van der Waals surface area contributed by atoms with Crippen LogP contribution < -0.4 is 5.32 Å². The van der Waals surface area contributed by atoms with Gasteiger partial charge in [0.2, 0.25) is 0 Å². The van der Waals surface area contributed by atoms with E-state index in [1.807, 2.05) is 7.05 Å². The van der Waals surface area contributed by atoms with Crippen molar-refractivity contribution in [2.75, 3.05) is 20.1 Å². The Hall–Kier alpha value is -2.17. The molecule has 1 N–H and O–H groups in total. The highest BCUT2D eigenvalue weighted by Gasteiger charge is 2.26. The number of likely N-dealkylation sites (N-methyl/N-ethyl adjacent to an activating group) is 1. The first-order valence-electron chi connectivity index (χ1n) is 8.26. The molecule has 1 saturated heterocycles. The van der Waals surface area contributed by atoms with Gasteiger partial charge in [-0.2, -0.15) is 0 Å². The smallest absolute Gasteiger partial charge is 0.284 e. The summed E-state index contributed by atoms with van der Waals surface area (Å²) in [6.07, 6.45) is 3.47. The van der Waals surface area contributed by atoms with Gasteiger partial charge in [0.1, 0.15) is 6.33 Å². The molecule has 2 heterocycles. The first kappa shape index (κ1) is 21.1. The first-order chi connectivity index (χ1) is 12.5. The summed E-state index contributed by atoms with van der Waals surface area (Å²) in [7, 11) is 3.64. The van der Waals surface area contributed by atoms with E-state index in [0.29, 0.717) is 28.7 Å². The number of piperidine rings is 1. The Morgan fingerprint density at radius 3 is 2.85 bits per heavy atom. The van der Waals surface area contributed by atoms with E-state index in [9.17, 15) is 14.9 Å². The van der Waals surface area contributed by atoms with Gasteiger partial charge in [-0.15, -0.1) is 22.6 Å². The number of nitro benzene ring substituents is 1. The van der Waals surface area contributed by atoms with E-state index >= 15 is 0 Å². The van der Waals surface area contributed by atoms with E-state index in [-0.39, 0.29) is 30.0 Å². The van der Waals surface area contributed by atoms with Crippen LogP contribution in [0.4, 0.5) is 5.69 Å². The molecule has 2 aromatic rings. The van der Waals surface area contributed by atoms with Gasteiger partial charge < -0.3 is 14.8 Å². The van der Waals surface area contributed by atoms with Crippen LogP contribution in [0.5, 0.6) is 0 Å². The monoisotopic (exact) mass is 412 g/mol. The fourth-order valence-corrected chi connectivity index (χ4v) is 3.77. The third-order valence-corrected chi connectivity index (χ3v) is 5.51. The highest BCUT2D eigenvalue weighted by atomic mass is 35.5. The second-order valence-corrected chi connectivity index (χ2v) is 7.15.